The van der Waals surface area contributed by atoms with Crippen LogP contribution in [0.15, 0.2) is 18.2 Å². The smallest absolute Gasteiger partial charge is 0.151 e. The number of hydrogen-bond donors (Lipinski definition) is 1. The summed E-state index contributed by atoms with van der Waals surface area (Å²) in [7, 11) is -3.10. The summed E-state index contributed by atoms with van der Waals surface area (Å²) in [6, 6.07) is 5.45. The van der Waals surface area contributed by atoms with Gasteiger partial charge < -0.3 is 5.32 Å². The van der Waals surface area contributed by atoms with Gasteiger partial charge in [0.05, 0.1) is 5.25 Å². The lowest BCUT2D eigenvalue weighted by Crippen LogP contribution is -2.35. The molecule has 0 saturated carbocycles. The molecular weight excluding hydrogens is 270 g/mol. The van der Waals surface area contributed by atoms with Crippen LogP contribution in [0.4, 0.5) is 0 Å². The molecule has 2 atom stereocenters. The van der Waals surface area contributed by atoms with Gasteiger partial charge in [-0.1, -0.05) is 30.7 Å². The van der Waals surface area contributed by atoms with Crippen LogP contribution in [0, 0.1) is 6.92 Å². The Morgan fingerprint density at radius 3 is 2.44 bits per heavy atom. The molecule has 0 aliphatic rings. The molecule has 18 heavy (non-hydrogen) atoms. The van der Waals surface area contributed by atoms with Gasteiger partial charge in [0.25, 0.3) is 0 Å². The first kappa shape index (κ1) is 15.5. The van der Waals surface area contributed by atoms with E-state index < -0.39 is 15.1 Å². The van der Waals surface area contributed by atoms with E-state index in [1.54, 1.807) is 6.92 Å². The second-order valence-electron chi connectivity index (χ2n) is 4.58. The number of rotatable bonds is 5. The zero-order valence-electron chi connectivity index (χ0n) is 11.2. The molecule has 5 heteroatoms. The van der Waals surface area contributed by atoms with Crippen LogP contribution in [-0.4, -0.2) is 26.5 Å². The topological polar surface area (TPSA) is 46.2 Å². The first-order valence-electron chi connectivity index (χ1n) is 5.95. The third-order valence-electron chi connectivity index (χ3n) is 3.12. The minimum Gasteiger partial charge on any atom is -0.309 e. The van der Waals surface area contributed by atoms with E-state index >= 15 is 0 Å². The van der Waals surface area contributed by atoms with Crippen LogP contribution in [0.3, 0.4) is 0 Å². The zero-order chi connectivity index (χ0) is 13.9. The van der Waals surface area contributed by atoms with Crippen LogP contribution >= 0.6 is 11.6 Å². The molecule has 3 nitrogen and oxygen atoms in total. The maximum absolute atomic E-state index is 11.7. The van der Waals surface area contributed by atoms with Gasteiger partial charge in [0, 0.05) is 17.3 Å². The highest BCUT2D eigenvalue weighted by molar-refractivity contribution is 7.91. The van der Waals surface area contributed by atoms with Crippen molar-refractivity contribution in [3.05, 3.63) is 34.3 Å². The lowest BCUT2D eigenvalue weighted by molar-refractivity contribution is 0.513. The van der Waals surface area contributed by atoms with Gasteiger partial charge in [0.15, 0.2) is 9.84 Å². The van der Waals surface area contributed by atoms with Crippen LogP contribution < -0.4 is 5.32 Å². The molecular formula is C13H20ClNO2S. The molecule has 0 radical (unpaired) electrons. The fourth-order valence-electron chi connectivity index (χ4n) is 1.82. The summed E-state index contributed by atoms with van der Waals surface area (Å²) >= 11 is 6.10. The largest absolute Gasteiger partial charge is 0.309 e. The van der Waals surface area contributed by atoms with Crippen molar-refractivity contribution in [3.8, 4) is 0 Å². The highest BCUT2D eigenvalue weighted by Crippen LogP contribution is 2.26. The summed E-state index contributed by atoms with van der Waals surface area (Å²) in [5.41, 5.74) is 1.90. The Bertz CT molecular complexity index is 514. The average Bonchev–Trinajstić information content (AvgIpc) is 2.28. The zero-order valence-corrected chi connectivity index (χ0v) is 12.8. The van der Waals surface area contributed by atoms with Crippen molar-refractivity contribution >= 4 is 21.4 Å². The van der Waals surface area contributed by atoms with E-state index in [-0.39, 0.29) is 6.04 Å². The van der Waals surface area contributed by atoms with Crippen molar-refractivity contribution in [2.75, 3.05) is 12.8 Å². The molecule has 0 heterocycles. The van der Waals surface area contributed by atoms with Crippen LogP contribution in [0.5, 0.6) is 0 Å². The molecule has 0 aromatic heterocycles. The van der Waals surface area contributed by atoms with Gasteiger partial charge >= 0.3 is 0 Å². The Morgan fingerprint density at radius 2 is 2.00 bits per heavy atom. The average molecular weight is 290 g/mol. The van der Waals surface area contributed by atoms with Crippen LogP contribution in [0.1, 0.15) is 31.0 Å². The van der Waals surface area contributed by atoms with Crippen molar-refractivity contribution in [2.24, 2.45) is 0 Å². The molecule has 0 saturated heterocycles. The van der Waals surface area contributed by atoms with Crippen LogP contribution in [0.25, 0.3) is 0 Å². The normalized spacial score (nSPS) is 15.4. The molecule has 0 fully saturated rings. The molecule has 2 unspecified atom stereocenters. The predicted molar refractivity (Wildman–Crippen MR) is 76.9 cm³/mol. The van der Waals surface area contributed by atoms with Gasteiger partial charge in [-0.2, -0.15) is 0 Å². The molecule has 0 aliphatic heterocycles. The Morgan fingerprint density at radius 1 is 1.39 bits per heavy atom. The highest BCUT2D eigenvalue weighted by atomic mass is 35.5. The first-order chi connectivity index (χ1) is 8.27. The molecule has 1 aromatic rings. The Balaban J connectivity index is 3.15. The maximum Gasteiger partial charge on any atom is 0.151 e. The predicted octanol–water partition coefficient (Wildman–Crippen LogP) is 2.73. The Kier molecular flexibility index (Phi) is 5.20. The molecule has 1 aromatic carbocycles. The summed E-state index contributed by atoms with van der Waals surface area (Å²) in [5.74, 6) is 0. The summed E-state index contributed by atoms with van der Waals surface area (Å²) < 4.78 is 23.4. The van der Waals surface area contributed by atoms with Crippen molar-refractivity contribution in [2.45, 2.75) is 32.1 Å². The van der Waals surface area contributed by atoms with E-state index in [4.69, 9.17) is 11.6 Å². The van der Waals surface area contributed by atoms with Crippen molar-refractivity contribution in [3.63, 3.8) is 0 Å². The van der Waals surface area contributed by atoms with Gasteiger partial charge in [0.2, 0.25) is 0 Å². The molecule has 0 spiro atoms. The number of halogens is 1. The molecule has 0 aliphatic carbocycles. The Labute approximate surface area is 114 Å². The quantitative estimate of drug-likeness (QED) is 0.906. The highest BCUT2D eigenvalue weighted by Gasteiger charge is 2.26. The lowest BCUT2D eigenvalue weighted by Gasteiger charge is -2.24. The van der Waals surface area contributed by atoms with Gasteiger partial charge in [-0.15, -0.1) is 0 Å². The van der Waals surface area contributed by atoms with E-state index in [0.29, 0.717) is 11.6 Å². The molecule has 0 bridgehead atoms. The van der Waals surface area contributed by atoms with Crippen molar-refractivity contribution in [1.29, 1.82) is 0 Å². The molecule has 102 valence electrons. The summed E-state index contributed by atoms with van der Waals surface area (Å²) in [4.78, 5) is 0. The SMILES string of the molecule is CCNC(c1ccc(C)c(Cl)c1)C(C)S(C)(=O)=O. The van der Waals surface area contributed by atoms with E-state index in [0.717, 1.165) is 11.1 Å². The molecule has 1 rings (SSSR count). The van der Waals surface area contributed by atoms with E-state index in [1.165, 1.54) is 6.26 Å². The number of aryl methyl sites for hydroxylation is 1. The third-order valence-corrected chi connectivity index (χ3v) is 5.15. The van der Waals surface area contributed by atoms with Gasteiger partial charge in [-0.05, 0) is 37.6 Å². The second kappa shape index (κ2) is 6.04. The van der Waals surface area contributed by atoms with Crippen molar-refractivity contribution in [1.82, 2.24) is 5.32 Å². The van der Waals surface area contributed by atoms with E-state index in [2.05, 4.69) is 5.32 Å². The van der Waals surface area contributed by atoms with E-state index in [9.17, 15) is 8.42 Å². The maximum atomic E-state index is 11.7. The number of benzene rings is 1. The number of hydrogen-bond acceptors (Lipinski definition) is 3. The van der Waals surface area contributed by atoms with E-state index in [1.807, 2.05) is 32.0 Å². The standard InChI is InChI=1S/C13H20ClNO2S/c1-5-15-13(10(3)18(4,16)17)11-7-6-9(2)12(14)8-11/h6-8,10,13,15H,5H2,1-4H3. The second-order valence-corrected chi connectivity index (χ2v) is 7.39. The number of sulfone groups is 1. The molecule has 1 N–H and O–H groups in total. The first-order valence-corrected chi connectivity index (χ1v) is 8.29. The van der Waals surface area contributed by atoms with Crippen LogP contribution in [-0.2, 0) is 9.84 Å². The molecule has 0 amide bonds. The minimum atomic E-state index is -3.10. The third kappa shape index (κ3) is 3.70. The van der Waals surface area contributed by atoms with Gasteiger partial charge in [0.1, 0.15) is 0 Å². The summed E-state index contributed by atoms with van der Waals surface area (Å²) in [6.07, 6.45) is 1.26. The Hall–Kier alpha value is -0.580. The van der Waals surface area contributed by atoms with Crippen molar-refractivity contribution < 1.29 is 8.42 Å². The lowest BCUT2D eigenvalue weighted by atomic mass is 10.0. The minimum absolute atomic E-state index is 0.233. The number of nitrogens with one attached hydrogen (secondary N) is 1. The van der Waals surface area contributed by atoms with Crippen LogP contribution in [0.2, 0.25) is 5.02 Å². The summed E-state index contributed by atoms with van der Waals surface area (Å²) in [5, 5.41) is 3.39. The summed E-state index contributed by atoms with van der Waals surface area (Å²) in [6.45, 7) is 6.30. The van der Waals surface area contributed by atoms with Gasteiger partial charge in [-0.3, -0.25) is 0 Å². The monoisotopic (exact) mass is 289 g/mol. The van der Waals surface area contributed by atoms with Gasteiger partial charge in [-0.25, -0.2) is 8.42 Å². The fourth-order valence-corrected chi connectivity index (χ4v) is 2.76. The fraction of sp³-hybridized carbons (Fsp3) is 0.538.